The normalized spacial score (nSPS) is 34.6. The fourth-order valence-electron chi connectivity index (χ4n) is 6.09. The second-order valence-electron chi connectivity index (χ2n) is 9.48. The maximum Gasteiger partial charge on any atom is 0.313 e. The van der Waals surface area contributed by atoms with E-state index in [0.29, 0.717) is 17.9 Å². The number of nitrogens with zero attached hydrogens (tertiary/aromatic N) is 2. The van der Waals surface area contributed by atoms with Gasteiger partial charge in [-0.3, -0.25) is 14.4 Å². The molecule has 0 saturated carbocycles. The Morgan fingerprint density at radius 3 is 2.51 bits per heavy atom. The molecule has 0 bridgehead atoms. The number of carbonyl (C=O) groups is 3. The average Bonchev–Trinajstić information content (AvgIpc) is 3.16. The molecule has 1 spiro atoms. The quantitative estimate of drug-likeness (QED) is 0.500. The summed E-state index contributed by atoms with van der Waals surface area (Å²) < 4.78 is 17.4. The number of esters is 1. The van der Waals surface area contributed by atoms with Crippen LogP contribution in [-0.4, -0.2) is 77.9 Å². The molecule has 4 aliphatic heterocycles. The molecule has 9 heteroatoms. The van der Waals surface area contributed by atoms with Crippen LogP contribution in [0, 0.1) is 11.8 Å². The van der Waals surface area contributed by atoms with E-state index in [9.17, 15) is 19.5 Å². The summed E-state index contributed by atoms with van der Waals surface area (Å²) in [6.45, 7) is 3.62. The first-order valence-electron chi connectivity index (χ1n) is 11.9. The molecular weight excluding hydrogens is 452 g/mol. The third-order valence-electron chi connectivity index (χ3n) is 7.76. The summed E-state index contributed by atoms with van der Waals surface area (Å²) in [5, 5.41) is 9.99. The summed E-state index contributed by atoms with van der Waals surface area (Å²) in [7, 11) is 1.57. The van der Waals surface area contributed by atoms with Gasteiger partial charge in [0, 0.05) is 12.2 Å². The molecule has 1 N–H and O–H groups in total. The van der Waals surface area contributed by atoms with E-state index in [1.165, 1.54) is 4.90 Å². The van der Waals surface area contributed by atoms with Crippen molar-refractivity contribution >= 4 is 23.5 Å². The predicted octanol–water partition coefficient (Wildman–Crippen LogP) is 1.45. The van der Waals surface area contributed by atoms with Crippen molar-refractivity contribution in [2.75, 3.05) is 31.8 Å². The zero-order valence-corrected chi connectivity index (χ0v) is 20.0. The van der Waals surface area contributed by atoms with Crippen LogP contribution in [0.25, 0.3) is 0 Å². The molecule has 5 rings (SSSR count). The molecule has 2 fully saturated rings. The maximum absolute atomic E-state index is 14.2. The lowest BCUT2D eigenvalue weighted by atomic mass is 9.73. The Morgan fingerprint density at radius 1 is 1.11 bits per heavy atom. The molecule has 2 saturated heterocycles. The summed E-state index contributed by atoms with van der Waals surface area (Å²) in [5.74, 6) is -2.43. The number of anilines is 1. The molecule has 1 unspecified atom stereocenters. The second-order valence-corrected chi connectivity index (χ2v) is 9.48. The van der Waals surface area contributed by atoms with Gasteiger partial charge >= 0.3 is 5.97 Å². The molecule has 4 aliphatic rings. The highest BCUT2D eigenvalue weighted by atomic mass is 16.6. The van der Waals surface area contributed by atoms with E-state index in [2.05, 4.69) is 0 Å². The fraction of sp³-hybridized carbons (Fsp3) is 0.500. The number of amides is 2. The number of carbonyl (C=O) groups excluding carboxylic acids is 3. The largest absolute Gasteiger partial charge is 0.497 e. The van der Waals surface area contributed by atoms with Crippen molar-refractivity contribution in [2.24, 2.45) is 11.8 Å². The first-order chi connectivity index (χ1) is 16.8. The number of rotatable bonds is 5. The molecule has 186 valence electrons. The van der Waals surface area contributed by atoms with Crippen molar-refractivity contribution in [1.82, 2.24) is 4.90 Å². The van der Waals surface area contributed by atoms with E-state index in [0.717, 1.165) is 0 Å². The fourth-order valence-corrected chi connectivity index (χ4v) is 6.09. The minimum atomic E-state index is -1.37. The number of cyclic esters (lactones) is 1. The molecule has 6 atom stereocenters. The van der Waals surface area contributed by atoms with E-state index in [4.69, 9.17) is 14.2 Å². The molecule has 4 heterocycles. The number of aliphatic hydroxyl groups is 1. The second kappa shape index (κ2) is 8.49. The van der Waals surface area contributed by atoms with Crippen molar-refractivity contribution in [3.05, 3.63) is 48.6 Å². The van der Waals surface area contributed by atoms with Crippen molar-refractivity contribution < 1.29 is 33.7 Å². The van der Waals surface area contributed by atoms with Gasteiger partial charge in [-0.05, 0) is 43.7 Å². The highest BCUT2D eigenvalue weighted by molar-refractivity contribution is 6.05. The minimum absolute atomic E-state index is 0.106. The number of hydrogen-bond donors (Lipinski definition) is 1. The number of methoxy groups -OCH3 is 1. The van der Waals surface area contributed by atoms with Gasteiger partial charge in [0.1, 0.15) is 35.5 Å². The maximum atomic E-state index is 14.2. The predicted molar refractivity (Wildman–Crippen MR) is 126 cm³/mol. The third-order valence-corrected chi connectivity index (χ3v) is 7.76. The molecule has 2 amide bonds. The molecule has 0 aliphatic carbocycles. The van der Waals surface area contributed by atoms with Gasteiger partial charge in [-0.25, -0.2) is 0 Å². The lowest BCUT2D eigenvalue weighted by Gasteiger charge is -2.39. The topological polar surface area (TPSA) is 106 Å². The molecule has 1 aromatic rings. The van der Waals surface area contributed by atoms with Gasteiger partial charge in [0.2, 0.25) is 5.91 Å². The first kappa shape index (κ1) is 23.6. The lowest BCUT2D eigenvalue weighted by molar-refractivity contribution is -0.158. The monoisotopic (exact) mass is 482 g/mol. The summed E-state index contributed by atoms with van der Waals surface area (Å²) in [5.41, 5.74) is -1.80. The van der Waals surface area contributed by atoms with Gasteiger partial charge in [0.15, 0.2) is 0 Å². The first-order valence-corrected chi connectivity index (χ1v) is 11.9. The van der Waals surface area contributed by atoms with Crippen molar-refractivity contribution in [3.63, 3.8) is 0 Å². The van der Waals surface area contributed by atoms with Gasteiger partial charge < -0.3 is 29.1 Å². The number of ether oxygens (including phenoxy) is 3. The van der Waals surface area contributed by atoms with Gasteiger partial charge in [-0.15, -0.1) is 0 Å². The van der Waals surface area contributed by atoms with Crippen LogP contribution < -0.4 is 9.64 Å². The van der Waals surface area contributed by atoms with Crippen LogP contribution in [-0.2, 0) is 23.9 Å². The SMILES string of the molecule is CC[C@@]12C=CCOC(=O)[C@@H]1[C@H]1C(=O)N([C@H](C)CO)C3C(=O)N(c4ccc(OC)cc4)CC=C[C@@]31O2. The van der Waals surface area contributed by atoms with Crippen LogP contribution in [0.2, 0.25) is 0 Å². The van der Waals surface area contributed by atoms with Crippen LogP contribution in [0.1, 0.15) is 20.3 Å². The van der Waals surface area contributed by atoms with Crippen molar-refractivity contribution in [1.29, 1.82) is 0 Å². The van der Waals surface area contributed by atoms with Gasteiger partial charge in [-0.2, -0.15) is 0 Å². The molecule has 0 radical (unpaired) electrons. The molecule has 9 nitrogen and oxygen atoms in total. The summed E-state index contributed by atoms with van der Waals surface area (Å²) >= 11 is 0. The standard InChI is InChI=1S/C26H30N2O7/c1-4-25-11-6-14-34-24(32)20(25)19-22(30)28(16(2)15-29)21-23(31)27(13-5-12-26(19,21)35-25)17-7-9-18(33-3)10-8-17/h5-12,16,19-21,29H,4,13-15H2,1-3H3/t16-,19+,20+,21?,25-,26+/m1/s1. The van der Waals surface area contributed by atoms with Gasteiger partial charge in [-0.1, -0.05) is 25.2 Å². The Bertz CT molecular complexity index is 1100. The van der Waals surface area contributed by atoms with E-state index in [1.54, 1.807) is 55.4 Å². The third kappa shape index (κ3) is 3.25. The van der Waals surface area contributed by atoms with E-state index >= 15 is 0 Å². The Balaban J connectivity index is 1.66. The highest BCUT2D eigenvalue weighted by Crippen LogP contribution is 2.58. The Kier molecular flexibility index (Phi) is 5.72. The number of likely N-dealkylation sites (tertiary alicyclic amines) is 1. The number of fused-ring (bicyclic) bond motifs is 2. The van der Waals surface area contributed by atoms with Gasteiger partial charge in [0.25, 0.3) is 5.91 Å². The van der Waals surface area contributed by atoms with Crippen molar-refractivity contribution in [2.45, 2.75) is 43.6 Å². The summed E-state index contributed by atoms with van der Waals surface area (Å²) in [6.07, 6.45) is 7.57. The Labute approximate surface area is 203 Å². The average molecular weight is 483 g/mol. The number of benzene rings is 1. The highest BCUT2D eigenvalue weighted by Gasteiger charge is 2.75. The Morgan fingerprint density at radius 2 is 1.86 bits per heavy atom. The molecule has 0 aromatic heterocycles. The van der Waals surface area contributed by atoms with Gasteiger partial charge in [0.05, 0.1) is 25.7 Å². The van der Waals surface area contributed by atoms with E-state index in [1.807, 2.05) is 19.1 Å². The Hall–Kier alpha value is -3.17. The van der Waals surface area contributed by atoms with Crippen molar-refractivity contribution in [3.8, 4) is 5.75 Å². The molecular formula is C26H30N2O7. The smallest absolute Gasteiger partial charge is 0.313 e. The summed E-state index contributed by atoms with van der Waals surface area (Å²) in [6, 6.07) is 5.38. The zero-order chi connectivity index (χ0) is 25.0. The zero-order valence-electron chi connectivity index (χ0n) is 20.0. The number of aliphatic hydroxyl groups excluding tert-OH is 1. The molecule has 35 heavy (non-hydrogen) atoms. The lowest BCUT2D eigenvalue weighted by Crippen LogP contribution is -2.58. The molecule has 1 aromatic carbocycles. The van der Waals surface area contributed by atoms with E-state index < -0.39 is 47.0 Å². The van der Waals surface area contributed by atoms with Crippen LogP contribution in [0.4, 0.5) is 5.69 Å². The van der Waals surface area contributed by atoms with E-state index in [-0.39, 0.29) is 25.7 Å². The van der Waals surface area contributed by atoms with Crippen LogP contribution in [0.5, 0.6) is 5.75 Å². The van der Waals surface area contributed by atoms with Crippen LogP contribution >= 0.6 is 0 Å². The minimum Gasteiger partial charge on any atom is -0.497 e. The van der Waals surface area contributed by atoms with Crippen LogP contribution in [0.3, 0.4) is 0 Å². The van der Waals surface area contributed by atoms with Crippen LogP contribution in [0.15, 0.2) is 48.6 Å². The number of hydrogen-bond acceptors (Lipinski definition) is 7. The summed E-state index contributed by atoms with van der Waals surface area (Å²) in [4.78, 5) is 44.4.